The third-order valence-electron chi connectivity index (χ3n) is 2.70. The molecule has 1 rings (SSSR count). The number of carbonyl (C=O) groups is 1. The molecule has 5 nitrogen and oxygen atoms in total. The van der Waals surface area contributed by atoms with Gasteiger partial charge in [0.05, 0.1) is 15.9 Å². The normalized spacial score (nSPS) is 10.7. The zero-order chi connectivity index (χ0) is 13.5. The molecule has 0 aliphatic rings. The Labute approximate surface area is 116 Å². The van der Waals surface area contributed by atoms with Crippen molar-refractivity contribution in [3.8, 4) is 0 Å². The fourth-order valence-corrected chi connectivity index (χ4v) is 2.46. The van der Waals surface area contributed by atoms with E-state index in [0.29, 0.717) is 26.1 Å². The van der Waals surface area contributed by atoms with E-state index in [2.05, 4.69) is 38.6 Å². The smallest absolute Gasteiger partial charge is 0.221 e. The van der Waals surface area contributed by atoms with Crippen molar-refractivity contribution in [3.05, 3.63) is 15.9 Å². The Morgan fingerprint density at radius 2 is 2.17 bits per heavy atom. The van der Waals surface area contributed by atoms with Crippen LogP contribution in [0.4, 0.5) is 0 Å². The van der Waals surface area contributed by atoms with Crippen molar-refractivity contribution in [2.24, 2.45) is 7.05 Å². The van der Waals surface area contributed by atoms with Crippen LogP contribution in [0, 0.1) is 0 Å². The number of halogens is 1. The third kappa shape index (κ3) is 4.10. The summed E-state index contributed by atoms with van der Waals surface area (Å²) < 4.78 is 2.94. The number of hydrogen-bond acceptors (Lipinski definition) is 3. The zero-order valence-corrected chi connectivity index (χ0v) is 12.8. The summed E-state index contributed by atoms with van der Waals surface area (Å²) in [4.78, 5) is 11.3. The van der Waals surface area contributed by atoms with Gasteiger partial charge in [-0.15, -0.1) is 0 Å². The van der Waals surface area contributed by atoms with Gasteiger partial charge in [-0.3, -0.25) is 9.48 Å². The molecule has 0 atom stereocenters. The summed E-state index contributed by atoms with van der Waals surface area (Å²) in [5, 5.41) is 10.5. The number of aryl methyl sites for hydroxylation is 2. The van der Waals surface area contributed by atoms with Gasteiger partial charge >= 0.3 is 0 Å². The largest absolute Gasteiger partial charge is 0.356 e. The molecule has 0 fully saturated rings. The van der Waals surface area contributed by atoms with Crippen LogP contribution >= 0.6 is 15.9 Å². The van der Waals surface area contributed by atoms with Crippen LogP contribution in [0.5, 0.6) is 0 Å². The SMILES string of the molecule is CCNC(=O)CCNCc1c(Br)c(CC)nn1C. The van der Waals surface area contributed by atoms with E-state index in [9.17, 15) is 4.79 Å². The topological polar surface area (TPSA) is 59.0 Å². The fraction of sp³-hybridized carbons (Fsp3) is 0.667. The molecule has 0 aliphatic heterocycles. The number of amides is 1. The van der Waals surface area contributed by atoms with Gasteiger partial charge in [-0.2, -0.15) is 5.10 Å². The monoisotopic (exact) mass is 316 g/mol. The third-order valence-corrected chi connectivity index (χ3v) is 3.61. The molecule has 1 heterocycles. The van der Waals surface area contributed by atoms with Gasteiger partial charge in [0.15, 0.2) is 0 Å². The predicted molar refractivity (Wildman–Crippen MR) is 75.3 cm³/mol. The molecular weight excluding hydrogens is 296 g/mol. The Kier molecular flexibility index (Phi) is 6.35. The summed E-state index contributed by atoms with van der Waals surface area (Å²) in [7, 11) is 1.94. The molecule has 0 aromatic carbocycles. The second-order valence-corrected chi connectivity index (χ2v) is 4.86. The first-order valence-corrected chi connectivity index (χ1v) is 7.07. The molecule has 0 spiro atoms. The summed E-state index contributed by atoms with van der Waals surface area (Å²) in [5.41, 5.74) is 2.18. The second kappa shape index (κ2) is 7.53. The molecule has 18 heavy (non-hydrogen) atoms. The van der Waals surface area contributed by atoms with Crippen molar-refractivity contribution in [1.82, 2.24) is 20.4 Å². The van der Waals surface area contributed by atoms with E-state index in [1.165, 1.54) is 0 Å². The lowest BCUT2D eigenvalue weighted by atomic mass is 10.3. The first kappa shape index (κ1) is 15.2. The van der Waals surface area contributed by atoms with E-state index in [4.69, 9.17) is 0 Å². The molecule has 1 aromatic heterocycles. The van der Waals surface area contributed by atoms with Crippen LogP contribution in [0.25, 0.3) is 0 Å². The summed E-state index contributed by atoms with van der Waals surface area (Å²) in [5.74, 6) is 0.0864. The molecule has 6 heteroatoms. The van der Waals surface area contributed by atoms with Crippen molar-refractivity contribution < 1.29 is 4.79 Å². The molecule has 0 aliphatic carbocycles. The van der Waals surface area contributed by atoms with Gasteiger partial charge < -0.3 is 10.6 Å². The zero-order valence-electron chi connectivity index (χ0n) is 11.2. The van der Waals surface area contributed by atoms with Gasteiger partial charge in [-0.1, -0.05) is 6.92 Å². The van der Waals surface area contributed by atoms with Crippen LogP contribution in [-0.2, 0) is 24.8 Å². The highest BCUT2D eigenvalue weighted by molar-refractivity contribution is 9.10. The van der Waals surface area contributed by atoms with E-state index in [1.54, 1.807) is 0 Å². The molecule has 0 saturated heterocycles. The standard InChI is InChI=1S/C12H21BrN4O/c1-4-9-12(13)10(17(3)16-9)8-14-7-6-11(18)15-5-2/h14H,4-8H2,1-3H3,(H,15,18). The minimum absolute atomic E-state index is 0.0864. The summed E-state index contributed by atoms with van der Waals surface area (Å²) in [6.45, 7) is 6.07. The van der Waals surface area contributed by atoms with E-state index in [0.717, 1.165) is 22.3 Å². The fourth-order valence-electron chi connectivity index (χ4n) is 1.71. The summed E-state index contributed by atoms with van der Waals surface area (Å²) in [6.07, 6.45) is 1.41. The maximum Gasteiger partial charge on any atom is 0.221 e. The number of carbonyl (C=O) groups excluding carboxylic acids is 1. The molecule has 0 unspecified atom stereocenters. The first-order chi connectivity index (χ1) is 8.60. The summed E-state index contributed by atoms with van der Waals surface area (Å²) >= 11 is 3.57. The van der Waals surface area contributed by atoms with Gasteiger partial charge in [-0.25, -0.2) is 0 Å². The van der Waals surface area contributed by atoms with Crippen molar-refractivity contribution >= 4 is 21.8 Å². The number of nitrogens with zero attached hydrogens (tertiary/aromatic N) is 2. The van der Waals surface area contributed by atoms with Gasteiger partial charge in [0.2, 0.25) is 5.91 Å². The minimum Gasteiger partial charge on any atom is -0.356 e. The quantitative estimate of drug-likeness (QED) is 0.747. The molecule has 2 N–H and O–H groups in total. The number of hydrogen-bond donors (Lipinski definition) is 2. The molecule has 0 radical (unpaired) electrons. The maximum atomic E-state index is 11.3. The van der Waals surface area contributed by atoms with Gasteiger partial charge in [0.25, 0.3) is 0 Å². The Morgan fingerprint density at radius 3 is 2.72 bits per heavy atom. The molecule has 0 bridgehead atoms. The first-order valence-electron chi connectivity index (χ1n) is 6.27. The van der Waals surface area contributed by atoms with Gasteiger partial charge in [-0.05, 0) is 29.3 Å². The molecule has 1 amide bonds. The molecular formula is C12H21BrN4O. The highest BCUT2D eigenvalue weighted by Gasteiger charge is 2.11. The van der Waals surface area contributed by atoms with E-state index in [-0.39, 0.29) is 5.91 Å². The lowest BCUT2D eigenvalue weighted by Crippen LogP contribution is -2.27. The maximum absolute atomic E-state index is 11.3. The van der Waals surface area contributed by atoms with Crippen LogP contribution in [0.15, 0.2) is 4.47 Å². The van der Waals surface area contributed by atoms with Gasteiger partial charge in [0.1, 0.15) is 0 Å². The number of rotatable bonds is 7. The van der Waals surface area contributed by atoms with Crippen molar-refractivity contribution in [3.63, 3.8) is 0 Å². The predicted octanol–water partition coefficient (Wildman–Crippen LogP) is 1.36. The number of aromatic nitrogens is 2. The average molecular weight is 317 g/mol. The van der Waals surface area contributed by atoms with Gasteiger partial charge in [0, 0.05) is 33.1 Å². The lowest BCUT2D eigenvalue weighted by Gasteiger charge is -2.06. The van der Waals surface area contributed by atoms with E-state index < -0.39 is 0 Å². The van der Waals surface area contributed by atoms with Crippen LogP contribution < -0.4 is 10.6 Å². The molecule has 0 saturated carbocycles. The Balaban J connectivity index is 2.40. The molecule has 1 aromatic rings. The average Bonchev–Trinajstić information content (AvgIpc) is 2.61. The van der Waals surface area contributed by atoms with Crippen LogP contribution in [0.3, 0.4) is 0 Å². The Hall–Kier alpha value is -0.880. The second-order valence-electron chi connectivity index (χ2n) is 4.06. The lowest BCUT2D eigenvalue weighted by molar-refractivity contribution is -0.120. The summed E-state index contributed by atoms with van der Waals surface area (Å²) in [6, 6.07) is 0. The van der Waals surface area contributed by atoms with Crippen LogP contribution in [-0.4, -0.2) is 28.8 Å². The van der Waals surface area contributed by atoms with E-state index in [1.807, 2.05) is 18.7 Å². The van der Waals surface area contributed by atoms with Crippen molar-refractivity contribution in [1.29, 1.82) is 0 Å². The molecule has 102 valence electrons. The van der Waals surface area contributed by atoms with Crippen molar-refractivity contribution in [2.75, 3.05) is 13.1 Å². The highest BCUT2D eigenvalue weighted by atomic mass is 79.9. The minimum atomic E-state index is 0.0864. The Bertz CT molecular complexity index is 403. The van der Waals surface area contributed by atoms with Crippen LogP contribution in [0.2, 0.25) is 0 Å². The number of nitrogens with one attached hydrogen (secondary N) is 2. The Morgan fingerprint density at radius 1 is 1.44 bits per heavy atom. The van der Waals surface area contributed by atoms with Crippen LogP contribution in [0.1, 0.15) is 31.7 Å². The highest BCUT2D eigenvalue weighted by Crippen LogP contribution is 2.21. The van der Waals surface area contributed by atoms with Crippen molar-refractivity contribution in [2.45, 2.75) is 33.2 Å². The van der Waals surface area contributed by atoms with E-state index >= 15 is 0 Å².